The number of amides is 1. The summed E-state index contributed by atoms with van der Waals surface area (Å²) >= 11 is 0. The summed E-state index contributed by atoms with van der Waals surface area (Å²) in [6.45, 7) is 4.51. The zero-order chi connectivity index (χ0) is 13.0. The van der Waals surface area contributed by atoms with Gasteiger partial charge >= 0.3 is 0 Å². The maximum atomic E-state index is 10.6. The first kappa shape index (κ1) is 12.7. The van der Waals surface area contributed by atoms with Crippen molar-refractivity contribution < 1.29 is 14.3 Å². The van der Waals surface area contributed by atoms with Gasteiger partial charge in [0.2, 0.25) is 0 Å². The molecule has 0 spiro atoms. The normalized spacial score (nSPS) is 16.7. The Bertz CT molecular complexity index is 430. The van der Waals surface area contributed by atoms with E-state index in [9.17, 15) is 4.79 Å². The highest BCUT2D eigenvalue weighted by Crippen LogP contribution is 2.27. The molecular formula is C13H18N2O3. The summed E-state index contributed by atoms with van der Waals surface area (Å²) in [4.78, 5) is 10.6. The van der Waals surface area contributed by atoms with Crippen molar-refractivity contribution in [1.29, 1.82) is 0 Å². The Labute approximate surface area is 106 Å². The van der Waals surface area contributed by atoms with Crippen LogP contribution in [0.4, 0.5) is 5.69 Å². The lowest BCUT2D eigenvalue weighted by molar-refractivity contribution is -0.119. The van der Waals surface area contributed by atoms with Crippen molar-refractivity contribution in [2.75, 3.05) is 31.7 Å². The molecule has 1 saturated heterocycles. The average Bonchev–Trinajstić information content (AvgIpc) is 2.32. The molecule has 0 bridgehead atoms. The van der Waals surface area contributed by atoms with Gasteiger partial charge in [0.05, 0.1) is 13.2 Å². The van der Waals surface area contributed by atoms with Crippen LogP contribution in [0.15, 0.2) is 24.3 Å². The lowest BCUT2D eigenvalue weighted by Gasteiger charge is -2.38. The highest BCUT2D eigenvalue weighted by Gasteiger charge is 2.32. The summed E-state index contributed by atoms with van der Waals surface area (Å²) < 4.78 is 10.4. The number of primary amides is 1. The van der Waals surface area contributed by atoms with Crippen LogP contribution in [0.25, 0.3) is 0 Å². The zero-order valence-corrected chi connectivity index (χ0v) is 10.4. The molecule has 98 valence electrons. The molecule has 1 aliphatic rings. The number of carbonyl (C=O) groups excluding carboxylic acids is 1. The minimum atomic E-state index is -0.479. The van der Waals surface area contributed by atoms with Crippen LogP contribution in [0.1, 0.15) is 6.92 Å². The van der Waals surface area contributed by atoms with Crippen LogP contribution in [0.3, 0.4) is 0 Å². The fourth-order valence-electron chi connectivity index (χ4n) is 1.72. The topological polar surface area (TPSA) is 73.6 Å². The molecule has 1 amide bonds. The predicted molar refractivity (Wildman–Crippen MR) is 68.5 cm³/mol. The van der Waals surface area contributed by atoms with Crippen molar-refractivity contribution in [2.45, 2.75) is 6.92 Å². The Kier molecular flexibility index (Phi) is 3.72. The van der Waals surface area contributed by atoms with Crippen LogP contribution in [-0.4, -0.2) is 32.3 Å². The van der Waals surface area contributed by atoms with Crippen molar-refractivity contribution in [3.8, 4) is 5.75 Å². The summed E-state index contributed by atoms with van der Waals surface area (Å²) in [5.74, 6) is 0.154. The van der Waals surface area contributed by atoms with Crippen LogP contribution in [0, 0.1) is 5.41 Å². The van der Waals surface area contributed by atoms with Gasteiger partial charge in [0.1, 0.15) is 5.75 Å². The van der Waals surface area contributed by atoms with E-state index in [-0.39, 0.29) is 12.0 Å². The quantitative estimate of drug-likeness (QED) is 0.790. The summed E-state index contributed by atoms with van der Waals surface area (Å²) in [7, 11) is 0. The lowest BCUT2D eigenvalue weighted by Crippen LogP contribution is -2.45. The molecule has 1 aliphatic heterocycles. The van der Waals surface area contributed by atoms with E-state index in [1.165, 1.54) is 0 Å². The van der Waals surface area contributed by atoms with E-state index in [0.29, 0.717) is 5.75 Å². The molecule has 0 aliphatic carbocycles. The van der Waals surface area contributed by atoms with Crippen molar-refractivity contribution in [3.05, 3.63) is 24.3 Å². The SMILES string of the molecule is CC1(CNc2cccc(OCC(N)=O)c2)COC1. The van der Waals surface area contributed by atoms with E-state index in [1.807, 2.05) is 18.2 Å². The maximum absolute atomic E-state index is 10.6. The Hall–Kier alpha value is -1.75. The lowest BCUT2D eigenvalue weighted by atomic mass is 9.89. The fraction of sp³-hybridized carbons (Fsp3) is 0.462. The molecule has 0 radical (unpaired) electrons. The smallest absolute Gasteiger partial charge is 0.255 e. The third kappa shape index (κ3) is 3.37. The second-order valence-corrected chi connectivity index (χ2v) is 4.94. The maximum Gasteiger partial charge on any atom is 0.255 e. The van der Waals surface area contributed by atoms with Gasteiger partial charge in [-0.1, -0.05) is 13.0 Å². The summed E-state index contributed by atoms with van der Waals surface area (Å²) in [6.07, 6.45) is 0. The van der Waals surface area contributed by atoms with Gasteiger partial charge in [-0.3, -0.25) is 4.79 Å². The molecule has 0 unspecified atom stereocenters. The van der Waals surface area contributed by atoms with Gasteiger partial charge in [0, 0.05) is 23.7 Å². The van der Waals surface area contributed by atoms with E-state index in [4.69, 9.17) is 15.2 Å². The number of hydrogen-bond donors (Lipinski definition) is 2. The van der Waals surface area contributed by atoms with E-state index in [0.717, 1.165) is 25.4 Å². The summed E-state index contributed by atoms with van der Waals surface area (Å²) in [6, 6.07) is 7.48. The van der Waals surface area contributed by atoms with Crippen LogP contribution in [0.2, 0.25) is 0 Å². The second-order valence-electron chi connectivity index (χ2n) is 4.94. The van der Waals surface area contributed by atoms with Gasteiger partial charge in [0.25, 0.3) is 5.91 Å². The first-order chi connectivity index (χ1) is 8.57. The number of hydrogen-bond acceptors (Lipinski definition) is 4. The van der Waals surface area contributed by atoms with Gasteiger partial charge in [-0.15, -0.1) is 0 Å². The molecule has 0 aromatic heterocycles. The molecule has 1 aromatic carbocycles. The molecule has 0 atom stereocenters. The van der Waals surface area contributed by atoms with E-state index in [1.54, 1.807) is 6.07 Å². The minimum absolute atomic E-state index is 0.102. The van der Waals surface area contributed by atoms with Gasteiger partial charge in [0.15, 0.2) is 6.61 Å². The third-order valence-corrected chi connectivity index (χ3v) is 2.84. The minimum Gasteiger partial charge on any atom is -0.484 e. The molecule has 1 fully saturated rings. The Balaban J connectivity index is 1.88. The zero-order valence-electron chi connectivity index (χ0n) is 10.4. The highest BCUT2D eigenvalue weighted by molar-refractivity contribution is 5.75. The molecule has 3 N–H and O–H groups in total. The number of nitrogens with two attached hydrogens (primary N) is 1. The van der Waals surface area contributed by atoms with Crippen molar-refractivity contribution in [1.82, 2.24) is 0 Å². The standard InChI is InChI=1S/C13H18N2O3/c1-13(8-17-9-13)7-15-10-3-2-4-11(5-10)18-6-12(14)16/h2-5,15H,6-9H2,1H3,(H2,14,16). The van der Waals surface area contributed by atoms with Crippen LogP contribution in [-0.2, 0) is 9.53 Å². The number of nitrogens with one attached hydrogen (secondary N) is 1. The second kappa shape index (κ2) is 5.27. The van der Waals surface area contributed by atoms with Gasteiger partial charge in [-0.25, -0.2) is 0 Å². The molecule has 18 heavy (non-hydrogen) atoms. The van der Waals surface area contributed by atoms with Crippen molar-refractivity contribution >= 4 is 11.6 Å². The first-order valence-corrected chi connectivity index (χ1v) is 5.90. The summed E-state index contributed by atoms with van der Waals surface area (Å²) in [5.41, 5.74) is 6.20. The van der Waals surface area contributed by atoms with Crippen molar-refractivity contribution in [2.24, 2.45) is 11.1 Å². The Morgan fingerprint density at radius 1 is 1.56 bits per heavy atom. The predicted octanol–water partition coefficient (Wildman–Crippen LogP) is 0.999. The van der Waals surface area contributed by atoms with Crippen LogP contribution < -0.4 is 15.8 Å². The number of rotatable bonds is 6. The monoisotopic (exact) mass is 250 g/mol. The van der Waals surface area contributed by atoms with Crippen LogP contribution >= 0.6 is 0 Å². The van der Waals surface area contributed by atoms with Gasteiger partial charge in [-0.2, -0.15) is 0 Å². The molecule has 1 aromatic rings. The molecule has 2 rings (SSSR count). The molecular weight excluding hydrogens is 232 g/mol. The number of benzene rings is 1. The Morgan fingerprint density at radius 2 is 2.33 bits per heavy atom. The van der Waals surface area contributed by atoms with E-state index < -0.39 is 5.91 Å². The Morgan fingerprint density at radius 3 is 2.94 bits per heavy atom. The van der Waals surface area contributed by atoms with Crippen molar-refractivity contribution in [3.63, 3.8) is 0 Å². The number of anilines is 1. The van der Waals surface area contributed by atoms with Gasteiger partial charge < -0.3 is 20.5 Å². The fourth-order valence-corrected chi connectivity index (χ4v) is 1.72. The molecule has 5 heteroatoms. The third-order valence-electron chi connectivity index (χ3n) is 2.84. The highest BCUT2D eigenvalue weighted by atomic mass is 16.5. The average molecular weight is 250 g/mol. The van der Waals surface area contributed by atoms with Gasteiger partial charge in [-0.05, 0) is 12.1 Å². The molecule has 5 nitrogen and oxygen atoms in total. The molecule has 0 saturated carbocycles. The van der Waals surface area contributed by atoms with E-state index in [2.05, 4.69) is 12.2 Å². The first-order valence-electron chi connectivity index (χ1n) is 5.90. The van der Waals surface area contributed by atoms with Crippen LogP contribution in [0.5, 0.6) is 5.75 Å². The molecule has 1 heterocycles. The summed E-state index contributed by atoms with van der Waals surface area (Å²) in [5, 5.41) is 3.34. The van der Waals surface area contributed by atoms with E-state index >= 15 is 0 Å². The number of carbonyl (C=O) groups is 1. The number of ether oxygens (including phenoxy) is 2. The largest absolute Gasteiger partial charge is 0.484 e.